The number of benzene rings is 1. The molecule has 9 atom stereocenters. The first-order valence-corrected chi connectivity index (χ1v) is 25.1. The number of nitrogens with one attached hydrogen (secondary N) is 5. The summed E-state index contributed by atoms with van der Waals surface area (Å²) in [4.78, 5) is 120. The van der Waals surface area contributed by atoms with Crippen LogP contribution >= 0.6 is 17.9 Å². The highest BCUT2D eigenvalue weighted by molar-refractivity contribution is 8.59. The molecule has 1 aromatic carbocycles. The van der Waals surface area contributed by atoms with Crippen LogP contribution in [0.1, 0.15) is 99.0 Å². The van der Waals surface area contributed by atoms with Gasteiger partial charge in [0.1, 0.15) is 42.0 Å². The fourth-order valence-corrected chi connectivity index (χ4v) is 8.57. The van der Waals surface area contributed by atoms with Gasteiger partial charge in [-0.15, -0.1) is 0 Å². The molecule has 0 radical (unpaired) electrons. The molecule has 2 saturated heterocycles. The third kappa shape index (κ3) is 15.5. The molecule has 0 aliphatic carbocycles. The predicted molar refractivity (Wildman–Crippen MR) is 240 cm³/mol. The summed E-state index contributed by atoms with van der Waals surface area (Å²) in [5.41, 5.74) is 2.56. The van der Waals surface area contributed by atoms with Crippen molar-refractivity contribution in [3.63, 3.8) is 0 Å². The summed E-state index contributed by atoms with van der Waals surface area (Å²) in [6.45, 7) is 12.6. The Morgan fingerprint density at radius 3 is 1.85 bits per heavy atom. The number of amides is 8. The third-order valence-corrected chi connectivity index (χ3v) is 12.2. The van der Waals surface area contributed by atoms with Crippen molar-refractivity contribution in [3.05, 3.63) is 29.8 Å². The number of likely N-dealkylation sites (tertiary alicyclic amines) is 2. The number of rotatable bonds is 22. The average Bonchev–Trinajstić information content (AvgIpc) is 3.90. The Bertz CT molecular complexity index is 1830. The monoisotopic (exact) mass is 924 g/mol. The molecule has 62 heavy (non-hydrogen) atoms. The predicted octanol–water partition coefficient (Wildman–Crippen LogP) is 1.44. The number of hydrogen-bond acceptors (Lipinski definition) is 10. The molecule has 2 heterocycles. The highest BCUT2D eigenvalue weighted by atomic mass is 32.9. The molecular formula is C41H65N8O10PS2. The average molecular weight is 925 g/mol. The lowest BCUT2D eigenvalue weighted by molar-refractivity contribution is -0.145. The van der Waals surface area contributed by atoms with E-state index in [4.69, 9.17) is 22.1 Å². The van der Waals surface area contributed by atoms with Crippen molar-refractivity contribution in [2.45, 2.75) is 136 Å². The largest absolute Gasteiger partial charge is 0.436 e. The van der Waals surface area contributed by atoms with E-state index in [1.165, 1.54) is 16.7 Å². The molecule has 21 heteroatoms. The van der Waals surface area contributed by atoms with Crippen molar-refractivity contribution in [1.82, 2.24) is 36.4 Å². The Kier molecular flexibility index (Phi) is 20.1. The van der Waals surface area contributed by atoms with Gasteiger partial charge in [-0.3, -0.25) is 38.4 Å². The van der Waals surface area contributed by atoms with Crippen molar-refractivity contribution in [3.8, 4) is 5.75 Å². The SMILES string of the molecule is CC[C@H](C)[C@H](NC(=O)[C@H](Cc1ccc(OP(O)(=S)S)cc1)NC(C)=O)C(=O)N[C@H](C(=O)N1CCC[C@H]1C(=O)N[C@@H](CC(C)C)C(=O)N1CCC[C@H]1C(=O)NCC(N)=O)[C@@H](C)CC. The number of nitrogens with two attached hydrogens (primary N) is 1. The van der Waals surface area contributed by atoms with Gasteiger partial charge < -0.3 is 51.5 Å². The van der Waals surface area contributed by atoms with Gasteiger partial charge in [0.25, 0.3) is 5.69 Å². The van der Waals surface area contributed by atoms with Gasteiger partial charge in [-0.05, 0) is 79.4 Å². The van der Waals surface area contributed by atoms with Crippen LogP contribution in [0.4, 0.5) is 0 Å². The van der Waals surface area contributed by atoms with Crippen molar-refractivity contribution in [2.75, 3.05) is 19.6 Å². The van der Waals surface area contributed by atoms with Gasteiger partial charge in [-0.1, -0.05) is 78.8 Å². The van der Waals surface area contributed by atoms with Crippen LogP contribution in [0.5, 0.6) is 5.75 Å². The number of carbonyl (C=O) groups is 8. The van der Waals surface area contributed by atoms with Gasteiger partial charge in [0.05, 0.1) is 6.54 Å². The summed E-state index contributed by atoms with van der Waals surface area (Å²) in [5, 5.41) is 13.7. The Hall–Kier alpha value is -4.26. The van der Waals surface area contributed by atoms with E-state index in [1.807, 2.05) is 34.6 Å². The van der Waals surface area contributed by atoms with Crippen LogP contribution in [0.2, 0.25) is 0 Å². The van der Waals surface area contributed by atoms with E-state index in [0.29, 0.717) is 50.6 Å². The van der Waals surface area contributed by atoms with Gasteiger partial charge in [-0.2, -0.15) is 0 Å². The quantitative estimate of drug-likeness (QED) is 0.0610. The highest BCUT2D eigenvalue weighted by Crippen LogP contribution is 2.47. The van der Waals surface area contributed by atoms with E-state index in [2.05, 4.69) is 38.8 Å². The third-order valence-electron chi connectivity index (χ3n) is 11.3. The standard InChI is InChI=1S/C41H65N8O10PS2/c1-8-24(5)34(46-36(52)29(44-26(7)50)21-27-14-16-28(17-15-27)59-60(58,61)62)39(55)47-35(25(6)9-2)41(57)49-19-11-13-32(49)38(54)45-30(20-23(3)4)40(56)48-18-10-12-31(48)37(53)43-22-33(42)51/h14-17,23-25,29-32,34-35H,8-13,18-22H2,1-7H3,(H2,42,51)(H,43,53)(H,44,50)(H,45,54)(H,46,52)(H,47,55)(H2,58,61,62)/t24-,25-,29-,30-,31-,32-,34-,35-/m0/s1. The lowest BCUT2D eigenvalue weighted by Gasteiger charge is -2.34. The minimum atomic E-state index is -3.27. The van der Waals surface area contributed by atoms with E-state index in [1.54, 1.807) is 31.2 Å². The molecule has 18 nitrogen and oxygen atoms in total. The van der Waals surface area contributed by atoms with Crippen LogP contribution in [0.3, 0.4) is 0 Å². The van der Waals surface area contributed by atoms with Crippen molar-refractivity contribution in [2.24, 2.45) is 23.5 Å². The van der Waals surface area contributed by atoms with Crippen LogP contribution < -0.4 is 36.8 Å². The number of primary amides is 1. The summed E-state index contributed by atoms with van der Waals surface area (Å²) in [6, 6.07) is 0.386. The summed E-state index contributed by atoms with van der Waals surface area (Å²) in [5.74, 6) is -4.88. The Labute approximate surface area is 374 Å². The zero-order valence-corrected chi connectivity index (χ0v) is 39.3. The van der Waals surface area contributed by atoms with Crippen LogP contribution in [0.25, 0.3) is 0 Å². The number of nitrogens with zero attached hydrogens (tertiary/aromatic N) is 2. The van der Waals surface area contributed by atoms with E-state index in [0.717, 1.165) is 0 Å². The normalized spacial score (nSPS) is 20.1. The van der Waals surface area contributed by atoms with Crippen LogP contribution in [-0.4, -0.2) is 118 Å². The van der Waals surface area contributed by atoms with Crippen LogP contribution in [0.15, 0.2) is 24.3 Å². The number of thiol groups is 1. The molecule has 8 amide bonds. The van der Waals surface area contributed by atoms with Crippen molar-refractivity contribution >= 4 is 77.0 Å². The Morgan fingerprint density at radius 2 is 1.34 bits per heavy atom. The topological polar surface area (TPSA) is 259 Å². The molecule has 0 bridgehead atoms. The summed E-state index contributed by atoms with van der Waals surface area (Å²) in [6.07, 6.45) is 3.06. The molecule has 1 unspecified atom stereocenters. The smallest absolute Gasteiger partial charge is 0.291 e. The molecule has 2 fully saturated rings. The lowest BCUT2D eigenvalue weighted by Crippen LogP contribution is -2.61. The molecule has 0 aromatic heterocycles. The maximum Gasteiger partial charge on any atom is 0.291 e. The fourth-order valence-electron chi connectivity index (χ4n) is 7.63. The van der Waals surface area contributed by atoms with Gasteiger partial charge >= 0.3 is 0 Å². The van der Waals surface area contributed by atoms with Crippen molar-refractivity contribution < 1.29 is 47.8 Å². The molecule has 0 saturated carbocycles. The highest BCUT2D eigenvalue weighted by Gasteiger charge is 2.43. The maximum absolute atomic E-state index is 14.5. The summed E-state index contributed by atoms with van der Waals surface area (Å²) < 4.78 is 5.26. The molecule has 1 aromatic rings. The van der Waals surface area contributed by atoms with E-state index in [-0.39, 0.29) is 43.5 Å². The Balaban J connectivity index is 1.80. The minimum absolute atomic E-state index is 0.0188. The summed E-state index contributed by atoms with van der Waals surface area (Å²) in [7, 11) is 0. The van der Waals surface area contributed by atoms with Gasteiger partial charge in [0.2, 0.25) is 47.3 Å². The van der Waals surface area contributed by atoms with Gasteiger partial charge in [-0.25, -0.2) is 0 Å². The first-order valence-electron chi connectivity index (χ1n) is 21.3. The second-order valence-electron chi connectivity index (χ2n) is 16.7. The van der Waals surface area contributed by atoms with E-state index >= 15 is 0 Å². The first kappa shape index (κ1) is 52.1. The molecule has 2 aliphatic heterocycles. The van der Waals surface area contributed by atoms with Gasteiger partial charge in [0.15, 0.2) is 0 Å². The lowest BCUT2D eigenvalue weighted by atomic mass is 9.94. The van der Waals surface area contributed by atoms with E-state index in [9.17, 15) is 43.2 Å². The maximum atomic E-state index is 14.5. The molecule has 3 rings (SSSR count). The van der Waals surface area contributed by atoms with Crippen LogP contribution in [-0.2, 0) is 56.6 Å². The zero-order chi connectivity index (χ0) is 46.5. The Morgan fingerprint density at radius 1 is 0.806 bits per heavy atom. The second kappa shape index (κ2) is 24.0. The number of hydrogen-bond donors (Lipinski definition) is 8. The summed E-state index contributed by atoms with van der Waals surface area (Å²) >= 11 is 8.70. The molecule has 346 valence electrons. The zero-order valence-electron chi connectivity index (χ0n) is 36.7. The molecule has 0 spiro atoms. The van der Waals surface area contributed by atoms with Crippen molar-refractivity contribution in [1.29, 1.82) is 0 Å². The van der Waals surface area contributed by atoms with E-state index < -0.39 is 95.1 Å². The minimum Gasteiger partial charge on any atom is -0.436 e. The van der Waals surface area contributed by atoms with Crippen LogP contribution in [0, 0.1) is 17.8 Å². The first-order chi connectivity index (χ1) is 29.1. The molecule has 2 aliphatic rings. The molecular weight excluding hydrogens is 860 g/mol. The van der Waals surface area contributed by atoms with Gasteiger partial charge in [0, 0.05) is 26.4 Å². The fraction of sp³-hybridized carbons (Fsp3) is 0.659. The second-order valence-corrected chi connectivity index (χ2v) is 21.8. The number of carbonyl (C=O) groups excluding carboxylic acids is 8. The molecule has 8 N–H and O–H groups in total.